The number of furan rings is 1. The van der Waals surface area contributed by atoms with E-state index in [-0.39, 0.29) is 17.2 Å². The quantitative estimate of drug-likeness (QED) is 0.497. The zero-order chi connectivity index (χ0) is 20.6. The molecule has 0 saturated carbocycles. The molecule has 4 rings (SSSR count). The first-order chi connectivity index (χ1) is 13.8. The lowest BCUT2D eigenvalue weighted by Crippen LogP contribution is -2.40. The van der Waals surface area contributed by atoms with E-state index in [0.29, 0.717) is 16.8 Å². The van der Waals surface area contributed by atoms with Crippen molar-refractivity contribution in [3.05, 3.63) is 78.1 Å². The minimum atomic E-state index is -0.402. The summed E-state index contributed by atoms with van der Waals surface area (Å²) in [5.41, 5.74) is 1.10. The number of anilines is 1. The summed E-state index contributed by atoms with van der Waals surface area (Å²) in [5, 5.41) is 8.71. The van der Waals surface area contributed by atoms with Gasteiger partial charge in [0.05, 0.1) is 11.3 Å². The largest absolute Gasteiger partial charge is 0.451 e. The Morgan fingerprint density at radius 3 is 2.34 bits per heavy atom. The van der Waals surface area contributed by atoms with Gasteiger partial charge in [0.2, 0.25) is 0 Å². The van der Waals surface area contributed by atoms with Gasteiger partial charge in [0.25, 0.3) is 11.8 Å². The van der Waals surface area contributed by atoms with Gasteiger partial charge in [-0.1, -0.05) is 42.5 Å². The number of hydrogen-bond acceptors (Lipinski definition) is 3. The molecular formula is C24H22N2O3. The van der Waals surface area contributed by atoms with Crippen molar-refractivity contribution in [2.45, 2.75) is 26.3 Å². The van der Waals surface area contributed by atoms with E-state index < -0.39 is 5.91 Å². The molecule has 29 heavy (non-hydrogen) atoms. The van der Waals surface area contributed by atoms with Gasteiger partial charge < -0.3 is 15.1 Å². The third kappa shape index (κ3) is 3.85. The Hall–Kier alpha value is -3.60. The fraction of sp³-hybridized carbons (Fsp3) is 0.167. The fourth-order valence-corrected chi connectivity index (χ4v) is 3.29. The molecule has 0 unspecified atom stereocenters. The Morgan fingerprint density at radius 1 is 0.828 bits per heavy atom. The van der Waals surface area contributed by atoms with E-state index in [2.05, 4.69) is 10.6 Å². The van der Waals surface area contributed by atoms with Crippen molar-refractivity contribution >= 4 is 39.2 Å². The SMILES string of the molecule is CC(C)(C)NC(=O)c1ccccc1NC(=O)c1cc2c(ccc3ccccc32)o1. The summed E-state index contributed by atoms with van der Waals surface area (Å²) in [6.07, 6.45) is 0. The normalized spacial score (nSPS) is 11.6. The van der Waals surface area contributed by atoms with Crippen LogP contribution < -0.4 is 10.6 Å². The second-order valence-electron chi connectivity index (χ2n) is 8.01. The highest BCUT2D eigenvalue weighted by Crippen LogP contribution is 2.28. The maximum atomic E-state index is 12.8. The number of rotatable bonds is 3. The van der Waals surface area contributed by atoms with Crippen LogP contribution in [0.1, 0.15) is 41.7 Å². The average molecular weight is 386 g/mol. The summed E-state index contributed by atoms with van der Waals surface area (Å²) in [4.78, 5) is 25.4. The maximum absolute atomic E-state index is 12.8. The van der Waals surface area contributed by atoms with Crippen LogP contribution in [0.25, 0.3) is 21.7 Å². The predicted octanol–water partition coefficient (Wildman–Crippen LogP) is 5.37. The third-order valence-electron chi connectivity index (χ3n) is 4.56. The second-order valence-corrected chi connectivity index (χ2v) is 8.01. The highest BCUT2D eigenvalue weighted by atomic mass is 16.3. The van der Waals surface area contributed by atoms with E-state index in [0.717, 1.165) is 16.2 Å². The van der Waals surface area contributed by atoms with Gasteiger partial charge in [0, 0.05) is 10.9 Å². The molecule has 2 N–H and O–H groups in total. The number of carbonyl (C=O) groups excluding carboxylic acids is 2. The van der Waals surface area contributed by atoms with Gasteiger partial charge in [0.1, 0.15) is 5.58 Å². The summed E-state index contributed by atoms with van der Waals surface area (Å²) in [5.74, 6) is -0.451. The standard InChI is InChI=1S/C24H22N2O3/c1-24(2,3)26-22(27)17-10-6-7-11-19(17)25-23(28)21-14-18-16-9-5-4-8-15(16)12-13-20(18)29-21/h4-14H,1-3H3,(H,25,28)(H,26,27). The number of amides is 2. The molecule has 0 spiro atoms. The molecule has 0 aliphatic carbocycles. The number of nitrogens with one attached hydrogen (secondary N) is 2. The van der Waals surface area contributed by atoms with E-state index >= 15 is 0 Å². The van der Waals surface area contributed by atoms with E-state index in [4.69, 9.17) is 4.42 Å². The number of para-hydroxylation sites is 1. The molecule has 3 aromatic carbocycles. The van der Waals surface area contributed by atoms with Crippen LogP contribution in [0.4, 0.5) is 5.69 Å². The van der Waals surface area contributed by atoms with Gasteiger partial charge in [-0.25, -0.2) is 0 Å². The Kier molecular flexibility index (Phi) is 4.59. The molecule has 0 saturated heterocycles. The average Bonchev–Trinajstić information content (AvgIpc) is 3.12. The van der Waals surface area contributed by atoms with Crippen LogP contribution >= 0.6 is 0 Å². The first kappa shape index (κ1) is 18.7. The van der Waals surface area contributed by atoms with Gasteiger partial charge in [0.15, 0.2) is 5.76 Å². The summed E-state index contributed by atoms with van der Waals surface area (Å²) in [6, 6.07) is 20.4. The van der Waals surface area contributed by atoms with Crippen LogP contribution in [0, 0.1) is 0 Å². The van der Waals surface area contributed by atoms with Crippen molar-refractivity contribution in [3.8, 4) is 0 Å². The molecule has 146 valence electrons. The van der Waals surface area contributed by atoms with Crippen molar-refractivity contribution in [2.75, 3.05) is 5.32 Å². The number of benzene rings is 3. The number of fused-ring (bicyclic) bond motifs is 3. The van der Waals surface area contributed by atoms with E-state index in [9.17, 15) is 9.59 Å². The molecule has 0 bridgehead atoms. The van der Waals surface area contributed by atoms with Crippen LogP contribution in [0.5, 0.6) is 0 Å². The lowest BCUT2D eigenvalue weighted by Gasteiger charge is -2.21. The Morgan fingerprint density at radius 2 is 1.55 bits per heavy atom. The highest BCUT2D eigenvalue weighted by molar-refractivity contribution is 6.12. The molecule has 4 aromatic rings. The van der Waals surface area contributed by atoms with E-state index in [1.165, 1.54) is 0 Å². The van der Waals surface area contributed by atoms with Crippen LogP contribution in [-0.2, 0) is 0 Å². The minimum absolute atomic E-state index is 0.197. The van der Waals surface area contributed by atoms with Gasteiger partial charge in [-0.05, 0) is 55.8 Å². The molecule has 2 amide bonds. The molecular weight excluding hydrogens is 364 g/mol. The summed E-state index contributed by atoms with van der Waals surface area (Å²) < 4.78 is 5.78. The topological polar surface area (TPSA) is 71.3 Å². The summed E-state index contributed by atoms with van der Waals surface area (Å²) >= 11 is 0. The van der Waals surface area contributed by atoms with Crippen LogP contribution in [0.3, 0.4) is 0 Å². The van der Waals surface area contributed by atoms with E-state index in [1.807, 2.05) is 57.2 Å². The van der Waals surface area contributed by atoms with Crippen molar-refractivity contribution in [1.29, 1.82) is 0 Å². The molecule has 0 aliphatic heterocycles. The zero-order valence-corrected chi connectivity index (χ0v) is 16.6. The third-order valence-corrected chi connectivity index (χ3v) is 4.56. The highest BCUT2D eigenvalue weighted by Gasteiger charge is 2.20. The zero-order valence-electron chi connectivity index (χ0n) is 16.6. The molecule has 5 nitrogen and oxygen atoms in total. The monoisotopic (exact) mass is 386 g/mol. The lowest BCUT2D eigenvalue weighted by molar-refractivity contribution is 0.0920. The second kappa shape index (κ2) is 7.09. The van der Waals surface area contributed by atoms with Crippen LogP contribution in [0.15, 0.2) is 71.1 Å². The Bertz CT molecular complexity index is 1230. The number of carbonyl (C=O) groups is 2. The van der Waals surface area contributed by atoms with Crippen LogP contribution in [0.2, 0.25) is 0 Å². The van der Waals surface area contributed by atoms with Gasteiger partial charge in [-0.3, -0.25) is 9.59 Å². The van der Waals surface area contributed by atoms with Crippen molar-refractivity contribution in [1.82, 2.24) is 5.32 Å². The number of hydrogen-bond donors (Lipinski definition) is 2. The van der Waals surface area contributed by atoms with Crippen molar-refractivity contribution in [3.63, 3.8) is 0 Å². The van der Waals surface area contributed by atoms with Gasteiger partial charge >= 0.3 is 0 Å². The molecule has 0 fully saturated rings. The molecule has 1 heterocycles. The lowest BCUT2D eigenvalue weighted by atomic mass is 10.1. The maximum Gasteiger partial charge on any atom is 0.291 e. The predicted molar refractivity (Wildman–Crippen MR) is 115 cm³/mol. The van der Waals surface area contributed by atoms with Crippen LogP contribution in [-0.4, -0.2) is 17.4 Å². The summed E-state index contributed by atoms with van der Waals surface area (Å²) in [6.45, 7) is 5.72. The molecule has 0 atom stereocenters. The molecule has 5 heteroatoms. The van der Waals surface area contributed by atoms with Crippen molar-refractivity contribution in [2.24, 2.45) is 0 Å². The Labute approximate surface area is 168 Å². The van der Waals surface area contributed by atoms with Crippen molar-refractivity contribution < 1.29 is 14.0 Å². The summed E-state index contributed by atoms with van der Waals surface area (Å²) in [7, 11) is 0. The molecule has 1 aromatic heterocycles. The van der Waals surface area contributed by atoms with E-state index in [1.54, 1.807) is 30.3 Å². The first-order valence-electron chi connectivity index (χ1n) is 9.46. The minimum Gasteiger partial charge on any atom is -0.451 e. The Balaban J connectivity index is 1.65. The fourth-order valence-electron chi connectivity index (χ4n) is 3.29. The van der Waals surface area contributed by atoms with Gasteiger partial charge in [-0.15, -0.1) is 0 Å². The molecule has 0 aliphatic rings. The smallest absolute Gasteiger partial charge is 0.291 e. The molecule has 0 radical (unpaired) electrons. The first-order valence-corrected chi connectivity index (χ1v) is 9.46. The van der Waals surface area contributed by atoms with Gasteiger partial charge in [-0.2, -0.15) is 0 Å².